The van der Waals surface area contributed by atoms with Crippen molar-refractivity contribution in [1.82, 2.24) is 0 Å². The summed E-state index contributed by atoms with van der Waals surface area (Å²) in [7, 11) is 8.06. The summed E-state index contributed by atoms with van der Waals surface area (Å²) < 4.78 is 0. The SMILES string of the molecule is CN(C)c1ccc(C(=N)c2ccc(N(C)C)cc2)cc1.Cl.Cl. The van der Waals surface area contributed by atoms with Crippen LogP contribution in [0.4, 0.5) is 11.4 Å². The molecule has 0 unspecified atom stereocenters. The Bertz CT molecular complexity index is 537. The van der Waals surface area contributed by atoms with Crippen LogP contribution in [0, 0.1) is 5.41 Å². The second-order valence-electron chi connectivity index (χ2n) is 5.26. The molecular formula is C17H23Cl2N3. The molecule has 120 valence electrons. The molecule has 0 aromatic heterocycles. The summed E-state index contributed by atoms with van der Waals surface area (Å²) in [6.45, 7) is 0. The van der Waals surface area contributed by atoms with Crippen molar-refractivity contribution in [3.63, 3.8) is 0 Å². The lowest BCUT2D eigenvalue weighted by atomic mass is 10.0. The van der Waals surface area contributed by atoms with E-state index < -0.39 is 0 Å². The van der Waals surface area contributed by atoms with E-state index in [9.17, 15) is 0 Å². The van der Waals surface area contributed by atoms with E-state index in [1.165, 1.54) is 0 Å². The highest BCUT2D eigenvalue weighted by molar-refractivity contribution is 6.11. The molecule has 1 N–H and O–H groups in total. The van der Waals surface area contributed by atoms with Gasteiger partial charge in [-0.2, -0.15) is 0 Å². The molecule has 0 saturated carbocycles. The molecule has 0 aliphatic carbocycles. The monoisotopic (exact) mass is 339 g/mol. The lowest BCUT2D eigenvalue weighted by Crippen LogP contribution is -2.10. The number of anilines is 2. The predicted octanol–water partition coefficient (Wildman–Crippen LogP) is 4.08. The highest BCUT2D eigenvalue weighted by Crippen LogP contribution is 2.18. The number of nitrogens with one attached hydrogen (secondary N) is 1. The third kappa shape index (κ3) is 4.65. The molecular weight excluding hydrogens is 317 g/mol. The number of nitrogens with zero attached hydrogens (tertiary/aromatic N) is 2. The number of benzene rings is 2. The van der Waals surface area contributed by atoms with Gasteiger partial charge in [-0.05, 0) is 24.3 Å². The maximum absolute atomic E-state index is 8.30. The summed E-state index contributed by atoms with van der Waals surface area (Å²) >= 11 is 0. The standard InChI is InChI=1S/C17H21N3.2ClH/c1-19(2)15-9-5-13(6-10-15)17(18)14-7-11-16(12-8-14)20(3)4;;/h5-12,18H,1-4H3;2*1H. The Morgan fingerprint density at radius 2 is 0.909 bits per heavy atom. The van der Waals surface area contributed by atoms with Crippen LogP contribution in [0.5, 0.6) is 0 Å². The van der Waals surface area contributed by atoms with Crippen LogP contribution >= 0.6 is 24.8 Å². The van der Waals surface area contributed by atoms with Crippen molar-refractivity contribution in [2.24, 2.45) is 0 Å². The maximum atomic E-state index is 8.30. The maximum Gasteiger partial charge on any atom is 0.0684 e. The zero-order valence-electron chi connectivity index (χ0n) is 13.3. The van der Waals surface area contributed by atoms with E-state index in [1.807, 2.05) is 76.7 Å². The second-order valence-corrected chi connectivity index (χ2v) is 5.26. The van der Waals surface area contributed by atoms with Crippen LogP contribution in [0.3, 0.4) is 0 Å². The number of hydrogen-bond donors (Lipinski definition) is 1. The molecule has 0 heterocycles. The van der Waals surface area contributed by atoms with Gasteiger partial charge in [-0.25, -0.2) is 0 Å². The Kier molecular flexibility index (Phi) is 7.99. The minimum Gasteiger partial charge on any atom is -0.378 e. The average Bonchev–Trinajstić information content (AvgIpc) is 2.46. The lowest BCUT2D eigenvalue weighted by molar-refractivity contribution is 1.13. The third-order valence-electron chi connectivity index (χ3n) is 3.34. The summed E-state index contributed by atoms with van der Waals surface area (Å²) in [6, 6.07) is 16.1. The van der Waals surface area contributed by atoms with Crippen LogP contribution in [0.25, 0.3) is 0 Å². The summed E-state index contributed by atoms with van der Waals surface area (Å²) in [4.78, 5) is 4.11. The van der Waals surface area contributed by atoms with Gasteiger partial charge < -0.3 is 9.80 Å². The Balaban J connectivity index is 0.00000220. The summed E-state index contributed by atoms with van der Waals surface area (Å²) in [5.41, 5.74) is 4.72. The van der Waals surface area contributed by atoms with Crippen molar-refractivity contribution in [1.29, 1.82) is 5.41 Å². The van der Waals surface area contributed by atoms with E-state index in [-0.39, 0.29) is 24.8 Å². The fraction of sp³-hybridized carbons (Fsp3) is 0.235. The Labute approximate surface area is 145 Å². The minimum atomic E-state index is 0. The number of halogens is 2. The van der Waals surface area contributed by atoms with Crippen LogP contribution in [-0.4, -0.2) is 33.9 Å². The van der Waals surface area contributed by atoms with Gasteiger partial charge in [-0.3, -0.25) is 5.41 Å². The molecule has 2 aromatic carbocycles. The van der Waals surface area contributed by atoms with E-state index in [1.54, 1.807) is 0 Å². The zero-order valence-corrected chi connectivity index (χ0v) is 15.0. The molecule has 0 saturated heterocycles. The Morgan fingerprint density at radius 3 is 1.14 bits per heavy atom. The molecule has 0 fully saturated rings. The Morgan fingerprint density at radius 1 is 0.636 bits per heavy atom. The molecule has 0 spiro atoms. The van der Waals surface area contributed by atoms with Gasteiger partial charge in [-0.1, -0.05) is 24.3 Å². The molecule has 0 amide bonds. The van der Waals surface area contributed by atoms with Crippen molar-refractivity contribution >= 4 is 41.9 Å². The van der Waals surface area contributed by atoms with Crippen LogP contribution in [0.15, 0.2) is 48.5 Å². The van der Waals surface area contributed by atoms with Crippen molar-refractivity contribution in [3.05, 3.63) is 59.7 Å². The van der Waals surface area contributed by atoms with Gasteiger partial charge in [0.15, 0.2) is 0 Å². The Hall–Kier alpha value is -1.71. The molecule has 0 aliphatic heterocycles. The largest absolute Gasteiger partial charge is 0.378 e. The van der Waals surface area contributed by atoms with Gasteiger partial charge in [0.25, 0.3) is 0 Å². The van der Waals surface area contributed by atoms with Crippen LogP contribution in [-0.2, 0) is 0 Å². The van der Waals surface area contributed by atoms with E-state index >= 15 is 0 Å². The first-order valence-corrected chi connectivity index (χ1v) is 6.63. The molecule has 22 heavy (non-hydrogen) atoms. The quantitative estimate of drug-likeness (QED) is 0.850. The lowest BCUT2D eigenvalue weighted by Gasteiger charge is -2.14. The van der Waals surface area contributed by atoms with Gasteiger partial charge in [-0.15, -0.1) is 24.8 Å². The fourth-order valence-corrected chi connectivity index (χ4v) is 2.02. The van der Waals surface area contributed by atoms with Gasteiger partial charge in [0, 0.05) is 50.7 Å². The molecule has 2 rings (SSSR count). The van der Waals surface area contributed by atoms with Gasteiger partial charge >= 0.3 is 0 Å². The van der Waals surface area contributed by atoms with Crippen LogP contribution < -0.4 is 9.80 Å². The first-order valence-electron chi connectivity index (χ1n) is 6.63. The van der Waals surface area contributed by atoms with Crippen LogP contribution in [0.2, 0.25) is 0 Å². The van der Waals surface area contributed by atoms with Crippen molar-refractivity contribution < 1.29 is 0 Å². The fourth-order valence-electron chi connectivity index (χ4n) is 2.02. The number of hydrogen-bond acceptors (Lipinski definition) is 3. The van der Waals surface area contributed by atoms with E-state index in [2.05, 4.69) is 9.80 Å². The van der Waals surface area contributed by atoms with E-state index in [0.717, 1.165) is 22.5 Å². The van der Waals surface area contributed by atoms with Gasteiger partial charge in [0.05, 0.1) is 5.71 Å². The first kappa shape index (κ1) is 20.3. The minimum absolute atomic E-state index is 0. The molecule has 2 aromatic rings. The first-order chi connectivity index (χ1) is 9.49. The highest BCUT2D eigenvalue weighted by atomic mass is 35.5. The van der Waals surface area contributed by atoms with Gasteiger partial charge in [0.2, 0.25) is 0 Å². The average molecular weight is 340 g/mol. The van der Waals surface area contributed by atoms with Gasteiger partial charge in [0.1, 0.15) is 0 Å². The third-order valence-corrected chi connectivity index (χ3v) is 3.34. The predicted molar refractivity (Wildman–Crippen MR) is 102 cm³/mol. The smallest absolute Gasteiger partial charge is 0.0684 e. The van der Waals surface area contributed by atoms with Crippen LogP contribution in [0.1, 0.15) is 11.1 Å². The molecule has 0 radical (unpaired) electrons. The summed E-state index contributed by atoms with van der Waals surface area (Å²) in [5, 5.41) is 8.30. The zero-order chi connectivity index (χ0) is 14.7. The second kappa shape index (κ2) is 8.66. The van der Waals surface area contributed by atoms with Crippen molar-refractivity contribution in [2.75, 3.05) is 38.0 Å². The molecule has 5 heteroatoms. The molecule has 0 atom stereocenters. The highest BCUT2D eigenvalue weighted by Gasteiger charge is 2.06. The van der Waals surface area contributed by atoms with E-state index in [4.69, 9.17) is 5.41 Å². The normalized spacial score (nSPS) is 9.27. The van der Waals surface area contributed by atoms with Crippen molar-refractivity contribution in [3.8, 4) is 0 Å². The molecule has 0 bridgehead atoms. The van der Waals surface area contributed by atoms with Crippen molar-refractivity contribution in [2.45, 2.75) is 0 Å². The topological polar surface area (TPSA) is 30.3 Å². The number of rotatable bonds is 4. The van der Waals surface area contributed by atoms with E-state index in [0.29, 0.717) is 5.71 Å². The summed E-state index contributed by atoms with van der Waals surface area (Å²) in [5.74, 6) is 0. The summed E-state index contributed by atoms with van der Waals surface area (Å²) in [6.07, 6.45) is 0. The molecule has 0 aliphatic rings. The molecule has 3 nitrogen and oxygen atoms in total.